The second-order valence-corrected chi connectivity index (χ2v) is 11.8. The van der Waals surface area contributed by atoms with Crippen molar-refractivity contribution in [2.75, 3.05) is 54.1 Å². The third-order valence-electron chi connectivity index (χ3n) is 9.36. The Labute approximate surface area is 282 Å². The Morgan fingerprint density at radius 3 is 2.06 bits per heavy atom. The molecule has 48 heavy (non-hydrogen) atoms. The van der Waals surface area contributed by atoms with E-state index in [1.165, 1.54) is 19.1 Å². The highest BCUT2D eigenvalue weighted by Crippen LogP contribution is 2.39. The van der Waals surface area contributed by atoms with Crippen molar-refractivity contribution in [1.82, 2.24) is 20.0 Å². The molecule has 260 valence electrons. The van der Waals surface area contributed by atoms with Gasteiger partial charge in [0.2, 0.25) is 0 Å². The molecule has 2 aromatic carbocycles. The van der Waals surface area contributed by atoms with Crippen LogP contribution in [0.15, 0.2) is 53.7 Å². The van der Waals surface area contributed by atoms with E-state index in [4.69, 9.17) is 14.2 Å². The molecular formula is C33H38ClF3N4O7. The summed E-state index contributed by atoms with van der Waals surface area (Å²) in [6.07, 6.45) is 2.24. The molecule has 5 rings (SSSR count). The summed E-state index contributed by atoms with van der Waals surface area (Å²) in [5.41, 5.74) is -0.522. The van der Waals surface area contributed by atoms with Gasteiger partial charge in [-0.1, -0.05) is 30.3 Å². The largest absolute Gasteiger partial charge is 0.468 e. The molecule has 2 aromatic rings. The molecule has 3 heterocycles. The minimum atomic E-state index is -1.74. The van der Waals surface area contributed by atoms with E-state index in [2.05, 4.69) is 10.2 Å². The molecule has 2 saturated heterocycles. The van der Waals surface area contributed by atoms with E-state index in [0.717, 1.165) is 12.7 Å². The van der Waals surface area contributed by atoms with Crippen LogP contribution in [0.3, 0.4) is 0 Å². The minimum absolute atomic E-state index is 0. The first-order valence-electron chi connectivity index (χ1n) is 15.3. The lowest BCUT2D eigenvalue weighted by Gasteiger charge is -2.46. The summed E-state index contributed by atoms with van der Waals surface area (Å²) in [4.78, 5) is 57.8. The summed E-state index contributed by atoms with van der Waals surface area (Å²) in [6.45, 7) is 1.47. The number of benzene rings is 2. The lowest BCUT2D eigenvalue weighted by Crippen LogP contribution is -2.58. The number of hydrogen-bond donors (Lipinski definition) is 1. The van der Waals surface area contributed by atoms with Crippen molar-refractivity contribution < 1.29 is 46.6 Å². The number of ether oxygens (including phenoxy) is 3. The molecule has 0 radical (unpaired) electrons. The number of carbonyl (C=O) groups is 4. The summed E-state index contributed by atoms with van der Waals surface area (Å²) in [5.74, 6) is -6.09. The SMILES string of the molecule is COCC1=C(C(=O)OC)C(c2cc(F)c(F)c(F)c2)N(C(=O)N2CCC(N3CCC(C(=O)OC)(c4ccccc4)CC3)CC2)C(=O)N1.Cl. The number of piperidine rings is 2. The molecule has 0 saturated carbocycles. The molecule has 11 nitrogen and oxygen atoms in total. The molecule has 15 heteroatoms. The fourth-order valence-corrected chi connectivity index (χ4v) is 6.93. The third kappa shape index (κ3) is 6.87. The number of urea groups is 2. The first-order chi connectivity index (χ1) is 22.6. The van der Waals surface area contributed by atoms with Gasteiger partial charge in [0.1, 0.15) is 6.04 Å². The number of rotatable bonds is 7. The first-order valence-corrected chi connectivity index (χ1v) is 15.3. The van der Waals surface area contributed by atoms with Crippen molar-refractivity contribution in [3.8, 4) is 0 Å². The maximum atomic E-state index is 14.4. The number of halogens is 4. The minimum Gasteiger partial charge on any atom is -0.468 e. The Balaban J connectivity index is 0.00000520. The number of imide groups is 1. The van der Waals surface area contributed by atoms with Crippen LogP contribution in [0.5, 0.6) is 0 Å². The number of amides is 4. The van der Waals surface area contributed by atoms with E-state index in [9.17, 15) is 32.3 Å². The van der Waals surface area contributed by atoms with Crippen LogP contribution in [0.2, 0.25) is 0 Å². The monoisotopic (exact) mass is 694 g/mol. The van der Waals surface area contributed by atoms with Gasteiger partial charge in [0.25, 0.3) is 0 Å². The number of nitrogens with zero attached hydrogens (tertiary/aromatic N) is 3. The molecule has 1 N–H and O–H groups in total. The van der Waals surface area contributed by atoms with E-state index in [1.54, 1.807) is 0 Å². The van der Waals surface area contributed by atoms with Crippen molar-refractivity contribution in [2.45, 2.75) is 43.2 Å². The lowest BCUT2D eigenvalue weighted by molar-refractivity contribution is -0.150. The number of likely N-dealkylation sites (tertiary alicyclic amines) is 2. The van der Waals surface area contributed by atoms with Gasteiger partial charge in [0.05, 0.1) is 37.5 Å². The Morgan fingerprint density at radius 1 is 0.917 bits per heavy atom. The summed E-state index contributed by atoms with van der Waals surface area (Å²) in [6, 6.07) is 7.56. The second kappa shape index (κ2) is 15.4. The van der Waals surface area contributed by atoms with Gasteiger partial charge in [-0.05, 0) is 62.0 Å². The van der Waals surface area contributed by atoms with Crippen molar-refractivity contribution >= 4 is 36.4 Å². The molecule has 0 aliphatic carbocycles. The van der Waals surface area contributed by atoms with Crippen LogP contribution in [-0.2, 0) is 29.2 Å². The predicted octanol–water partition coefficient (Wildman–Crippen LogP) is 4.46. The molecule has 0 aromatic heterocycles. The smallest absolute Gasteiger partial charge is 0.338 e. The van der Waals surface area contributed by atoms with Gasteiger partial charge < -0.3 is 29.3 Å². The Kier molecular flexibility index (Phi) is 11.8. The first kappa shape index (κ1) is 36.7. The van der Waals surface area contributed by atoms with Crippen LogP contribution in [0.4, 0.5) is 22.8 Å². The van der Waals surface area contributed by atoms with E-state index in [0.29, 0.717) is 55.8 Å². The summed E-state index contributed by atoms with van der Waals surface area (Å²) < 4.78 is 58.0. The topological polar surface area (TPSA) is 118 Å². The van der Waals surface area contributed by atoms with Crippen molar-refractivity contribution in [3.05, 3.63) is 82.3 Å². The maximum absolute atomic E-state index is 14.4. The van der Waals surface area contributed by atoms with Crippen molar-refractivity contribution in [2.24, 2.45) is 0 Å². The molecular weight excluding hydrogens is 657 g/mol. The second-order valence-electron chi connectivity index (χ2n) is 11.8. The Hall–Kier alpha value is -4.14. The van der Waals surface area contributed by atoms with Gasteiger partial charge in [-0.15, -0.1) is 12.4 Å². The Bertz CT molecular complexity index is 1540. The van der Waals surface area contributed by atoms with E-state index >= 15 is 0 Å². The highest BCUT2D eigenvalue weighted by Gasteiger charge is 2.47. The van der Waals surface area contributed by atoms with Gasteiger partial charge in [-0.25, -0.2) is 32.5 Å². The third-order valence-corrected chi connectivity index (χ3v) is 9.36. The average molecular weight is 695 g/mol. The standard InChI is InChI=1S/C33H37F3N4O7.ClH/c1-45-19-25-26(29(41)46-2)28(20-17-23(34)27(36)24(35)18-20)40(31(43)37-25)32(44)39-13-9-22(10-14-39)38-15-11-33(12-16-38,30(42)47-3)21-7-5-4-6-8-21;/h4-8,17-18,22,28H,9-16,19H2,1-3H3,(H,37,43);1H. The fraction of sp³-hybridized carbons (Fsp3) is 0.455. The number of carbonyl (C=O) groups excluding carboxylic acids is 4. The molecule has 0 bridgehead atoms. The molecule has 3 aliphatic heterocycles. The van der Waals surface area contributed by atoms with Crippen LogP contribution in [0.1, 0.15) is 42.9 Å². The molecule has 4 amide bonds. The van der Waals surface area contributed by atoms with E-state index in [1.807, 2.05) is 30.3 Å². The maximum Gasteiger partial charge on any atom is 0.338 e. The van der Waals surface area contributed by atoms with Crippen LogP contribution in [0, 0.1) is 17.5 Å². The summed E-state index contributed by atoms with van der Waals surface area (Å²) >= 11 is 0. The fourth-order valence-electron chi connectivity index (χ4n) is 6.93. The summed E-state index contributed by atoms with van der Waals surface area (Å²) in [5, 5.41) is 2.47. The van der Waals surface area contributed by atoms with Crippen LogP contribution < -0.4 is 5.32 Å². The predicted molar refractivity (Wildman–Crippen MR) is 169 cm³/mol. The molecule has 1 unspecified atom stereocenters. The van der Waals surface area contributed by atoms with E-state index in [-0.39, 0.29) is 60.9 Å². The zero-order chi connectivity index (χ0) is 33.9. The van der Waals surface area contributed by atoms with Crippen molar-refractivity contribution in [3.63, 3.8) is 0 Å². The lowest BCUT2D eigenvalue weighted by atomic mass is 9.72. The number of methoxy groups -OCH3 is 3. The zero-order valence-electron chi connectivity index (χ0n) is 26.8. The van der Waals surface area contributed by atoms with Gasteiger partial charge in [0, 0.05) is 26.2 Å². The van der Waals surface area contributed by atoms with Crippen LogP contribution >= 0.6 is 12.4 Å². The number of hydrogen-bond acceptors (Lipinski definition) is 8. The molecule has 1 atom stereocenters. The van der Waals surface area contributed by atoms with Gasteiger partial charge in [0.15, 0.2) is 17.5 Å². The summed E-state index contributed by atoms with van der Waals surface area (Å²) in [7, 11) is 3.78. The van der Waals surface area contributed by atoms with Crippen LogP contribution in [-0.4, -0.2) is 98.9 Å². The van der Waals surface area contributed by atoms with Gasteiger partial charge in [-0.2, -0.15) is 0 Å². The normalized spacial score (nSPS) is 20.1. The highest BCUT2D eigenvalue weighted by molar-refractivity contribution is 6.01. The van der Waals surface area contributed by atoms with Crippen molar-refractivity contribution in [1.29, 1.82) is 0 Å². The zero-order valence-corrected chi connectivity index (χ0v) is 27.6. The van der Waals surface area contributed by atoms with Gasteiger partial charge in [-0.3, -0.25) is 4.79 Å². The quantitative estimate of drug-likeness (QED) is 0.334. The molecule has 0 spiro atoms. The Morgan fingerprint density at radius 2 is 1.52 bits per heavy atom. The number of nitrogens with one attached hydrogen (secondary N) is 1. The highest BCUT2D eigenvalue weighted by atomic mass is 35.5. The van der Waals surface area contributed by atoms with E-state index < -0.39 is 46.9 Å². The molecule has 2 fully saturated rings. The average Bonchev–Trinajstić information content (AvgIpc) is 3.09. The molecule has 3 aliphatic rings. The van der Waals surface area contributed by atoms with Gasteiger partial charge >= 0.3 is 24.0 Å². The number of esters is 2. The van der Waals surface area contributed by atoms with Crippen LogP contribution in [0.25, 0.3) is 0 Å².